The smallest absolute Gasteiger partial charge is 0.248 e. The van der Waals surface area contributed by atoms with Crippen LogP contribution >= 0.6 is 0 Å². The van der Waals surface area contributed by atoms with Crippen molar-refractivity contribution in [3.05, 3.63) is 0 Å². The Morgan fingerprint density at radius 2 is 2.33 bits per heavy atom. The van der Waals surface area contributed by atoms with E-state index in [-0.39, 0.29) is 5.91 Å². The predicted molar refractivity (Wildman–Crippen MR) is 32.9 cm³/mol. The third-order valence-corrected chi connectivity index (χ3v) is 1.51. The number of nitrogens with one attached hydrogen (secondary N) is 1. The Morgan fingerprint density at radius 1 is 1.56 bits per heavy atom. The molecule has 1 rings (SSSR count). The van der Waals surface area contributed by atoms with Crippen molar-refractivity contribution in [2.45, 2.75) is 25.4 Å². The molecule has 0 bridgehead atoms. The van der Waals surface area contributed by atoms with Crippen LogP contribution in [-0.2, 0) is 4.79 Å². The fourth-order valence-electron chi connectivity index (χ4n) is 0.923. The van der Waals surface area contributed by atoms with Crippen LogP contribution in [0.25, 0.3) is 0 Å². The second-order valence-corrected chi connectivity index (χ2v) is 2.30. The summed E-state index contributed by atoms with van der Waals surface area (Å²) in [5.41, 5.74) is 0. The van der Waals surface area contributed by atoms with E-state index in [0.717, 1.165) is 19.4 Å². The lowest BCUT2D eigenvalue weighted by Gasteiger charge is -2.02. The zero-order chi connectivity index (χ0) is 6.69. The molecule has 1 fully saturated rings. The summed E-state index contributed by atoms with van der Waals surface area (Å²) in [5, 5.41) is 11.6. The van der Waals surface area contributed by atoms with Crippen LogP contribution in [0.15, 0.2) is 0 Å². The first kappa shape index (κ1) is 6.55. The van der Waals surface area contributed by atoms with Crippen molar-refractivity contribution >= 4 is 5.91 Å². The molecule has 0 aromatic heterocycles. The molecule has 0 spiro atoms. The van der Waals surface area contributed by atoms with Gasteiger partial charge in [0.05, 0.1) is 0 Å². The number of carbonyl (C=O) groups excluding carboxylic acids is 1. The number of hydrogen-bond acceptors (Lipinski definition) is 2. The Labute approximate surface area is 54.1 Å². The summed E-state index contributed by atoms with van der Waals surface area (Å²) < 4.78 is 0. The van der Waals surface area contributed by atoms with Gasteiger partial charge in [-0.2, -0.15) is 0 Å². The van der Waals surface area contributed by atoms with Gasteiger partial charge in [0.15, 0.2) is 0 Å². The van der Waals surface area contributed by atoms with Gasteiger partial charge in [-0.1, -0.05) is 0 Å². The first-order valence-electron chi connectivity index (χ1n) is 3.26. The van der Waals surface area contributed by atoms with Gasteiger partial charge >= 0.3 is 0 Å². The molecule has 1 amide bonds. The Balaban J connectivity index is 2.41. The number of aliphatic hydroxyl groups excluding tert-OH is 1. The van der Waals surface area contributed by atoms with Crippen LogP contribution in [0.3, 0.4) is 0 Å². The van der Waals surface area contributed by atoms with Gasteiger partial charge in [-0.05, 0) is 19.3 Å². The molecule has 1 aliphatic heterocycles. The van der Waals surface area contributed by atoms with Crippen LogP contribution in [0.4, 0.5) is 0 Å². The quantitative estimate of drug-likeness (QED) is 0.469. The standard InChI is InChI=1S/C6H11NO2/c8-5-3-1-2-4-7-6(5)9/h5,8H,1-4H2,(H,7,9). The summed E-state index contributed by atoms with van der Waals surface area (Å²) in [6, 6.07) is 0. The summed E-state index contributed by atoms with van der Waals surface area (Å²) >= 11 is 0. The van der Waals surface area contributed by atoms with E-state index in [0.29, 0.717) is 6.42 Å². The van der Waals surface area contributed by atoms with Gasteiger partial charge < -0.3 is 10.4 Å². The topological polar surface area (TPSA) is 49.3 Å². The number of amides is 1. The maximum atomic E-state index is 10.7. The third-order valence-electron chi connectivity index (χ3n) is 1.51. The lowest BCUT2D eigenvalue weighted by Crippen LogP contribution is -2.32. The highest BCUT2D eigenvalue weighted by atomic mass is 16.3. The molecule has 0 aromatic carbocycles. The molecule has 52 valence electrons. The highest BCUT2D eigenvalue weighted by Crippen LogP contribution is 2.03. The largest absolute Gasteiger partial charge is 0.383 e. The molecule has 1 aliphatic rings. The lowest BCUT2D eigenvalue weighted by atomic mass is 10.2. The minimum atomic E-state index is -0.757. The second-order valence-electron chi connectivity index (χ2n) is 2.30. The summed E-state index contributed by atoms with van der Waals surface area (Å²) in [7, 11) is 0. The molecule has 9 heavy (non-hydrogen) atoms. The summed E-state index contributed by atoms with van der Waals surface area (Å²) in [6.07, 6.45) is 1.79. The number of hydrogen-bond donors (Lipinski definition) is 2. The van der Waals surface area contributed by atoms with E-state index in [1.165, 1.54) is 0 Å². The molecular formula is C6H11NO2. The molecule has 0 saturated carbocycles. The predicted octanol–water partition coefficient (Wildman–Crippen LogP) is -0.353. The molecule has 1 unspecified atom stereocenters. The average molecular weight is 129 g/mol. The lowest BCUT2D eigenvalue weighted by molar-refractivity contribution is -0.128. The Hall–Kier alpha value is -0.570. The maximum Gasteiger partial charge on any atom is 0.248 e. The minimum absolute atomic E-state index is 0.215. The average Bonchev–Trinajstić information content (AvgIpc) is 1.99. The van der Waals surface area contributed by atoms with Crippen LogP contribution in [0, 0.1) is 0 Å². The van der Waals surface area contributed by atoms with Gasteiger partial charge in [0.1, 0.15) is 6.10 Å². The molecule has 0 aliphatic carbocycles. The van der Waals surface area contributed by atoms with Crippen LogP contribution in [-0.4, -0.2) is 23.7 Å². The van der Waals surface area contributed by atoms with Gasteiger partial charge in [-0.3, -0.25) is 4.79 Å². The number of carbonyl (C=O) groups is 1. The number of aliphatic hydroxyl groups is 1. The van der Waals surface area contributed by atoms with Crippen LogP contribution in [0.1, 0.15) is 19.3 Å². The van der Waals surface area contributed by atoms with Crippen molar-refractivity contribution in [3.8, 4) is 0 Å². The van der Waals surface area contributed by atoms with Crippen molar-refractivity contribution < 1.29 is 9.90 Å². The molecular weight excluding hydrogens is 118 g/mol. The van der Waals surface area contributed by atoms with Gasteiger partial charge in [-0.25, -0.2) is 0 Å². The van der Waals surface area contributed by atoms with Gasteiger partial charge in [0.25, 0.3) is 0 Å². The fourth-order valence-corrected chi connectivity index (χ4v) is 0.923. The van der Waals surface area contributed by atoms with Crippen molar-refractivity contribution in [1.29, 1.82) is 0 Å². The molecule has 1 saturated heterocycles. The summed E-state index contributed by atoms with van der Waals surface area (Å²) in [4.78, 5) is 10.7. The van der Waals surface area contributed by atoms with E-state index < -0.39 is 6.10 Å². The number of rotatable bonds is 0. The van der Waals surface area contributed by atoms with E-state index in [1.807, 2.05) is 0 Å². The monoisotopic (exact) mass is 129 g/mol. The minimum Gasteiger partial charge on any atom is -0.383 e. The molecule has 3 nitrogen and oxygen atoms in total. The normalized spacial score (nSPS) is 29.0. The van der Waals surface area contributed by atoms with Crippen molar-refractivity contribution in [3.63, 3.8) is 0 Å². The van der Waals surface area contributed by atoms with E-state index in [1.54, 1.807) is 0 Å². The second kappa shape index (κ2) is 2.82. The molecule has 3 heteroatoms. The van der Waals surface area contributed by atoms with Crippen LogP contribution in [0.5, 0.6) is 0 Å². The highest BCUT2D eigenvalue weighted by molar-refractivity contribution is 5.80. The van der Waals surface area contributed by atoms with E-state index in [9.17, 15) is 4.79 Å². The zero-order valence-corrected chi connectivity index (χ0v) is 5.26. The van der Waals surface area contributed by atoms with Crippen LogP contribution < -0.4 is 5.32 Å². The zero-order valence-electron chi connectivity index (χ0n) is 5.26. The molecule has 1 heterocycles. The Bertz CT molecular complexity index is 114. The maximum absolute atomic E-state index is 10.7. The molecule has 0 aromatic rings. The van der Waals surface area contributed by atoms with Crippen molar-refractivity contribution in [2.75, 3.05) is 6.54 Å². The molecule has 0 radical (unpaired) electrons. The first-order chi connectivity index (χ1) is 4.30. The first-order valence-corrected chi connectivity index (χ1v) is 3.26. The van der Waals surface area contributed by atoms with Crippen LogP contribution in [0.2, 0.25) is 0 Å². The third kappa shape index (κ3) is 1.68. The van der Waals surface area contributed by atoms with Gasteiger partial charge in [-0.15, -0.1) is 0 Å². The summed E-state index contributed by atoms with van der Waals surface area (Å²) in [5.74, 6) is -0.215. The van der Waals surface area contributed by atoms with Gasteiger partial charge in [0.2, 0.25) is 5.91 Å². The van der Waals surface area contributed by atoms with E-state index in [2.05, 4.69) is 5.32 Å². The van der Waals surface area contributed by atoms with Crippen molar-refractivity contribution in [2.24, 2.45) is 0 Å². The SMILES string of the molecule is O=C1NCCCCC1O. The fraction of sp³-hybridized carbons (Fsp3) is 0.833. The molecule has 2 N–H and O–H groups in total. The molecule has 1 atom stereocenters. The highest BCUT2D eigenvalue weighted by Gasteiger charge is 2.16. The van der Waals surface area contributed by atoms with E-state index >= 15 is 0 Å². The Kier molecular flexibility index (Phi) is 2.05. The van der Waals surface area contributed by atoms with E-state index in [4.69, 9.17) is 5.11 Å². The Morgan fingerprint density at radius 3 is 3.11 bits per heavy atom. The van der Waals surface area contributed by atoms with Gasteiger partial charge in [0, 0.05) is 6.54 Å². The summed E-state index contributed by atoms with van der Waals surface area (Å²) in [6.45, 7) is 0.718. The van der Waals surface area contributed by atoms with Crippen molar-refractivity contribution in [1.82, 2.24) is 5.32 Å².